The van der Waals surface area contributed by atoms with Gasteiger partial charge in [-0.2, -0.15) is 11.8 Å². The molecule has 0 aromatic carbocycles. The Morgan fingerprint density at radius 3 is 2.18 bits per heavy atom. The SMILES string of the molecule is CC1CN(C(C)C(=O)OC(C)(C)C)CC(C)S1. The smallest absolute Gasteiger partial charge is 0.323 e. The fraction of sp³-hybridized carbons (Fsp3) is 0.923. The van der Waals surface area contributed by atoms with Crippen molar-refractivity contribution in [2.24, 2.45) is 0 Å². The molecule has 4 heteroatoms. The van der Waals surface area contributed by atoms with Crippen molar-refractivity contribution in [3.63, 3.8) is 0 Å². The van der Waals surface area contributed by atoms with Crippen LogP contribution in [0.25, 0.3) is 0 Å². The Kier molecular flexibility index (Phi) is 4.90. The molecule has 1 fully saturated rings. The fourth-order valence-electron chi connectivity index (χ4n) is 2.07. The van der Waals surface area contributed by atoms with Crippen LogP contribution in [0.15, 0.2) is 0 Å². The average molecular weight is 259 g/mol. The zero-order valence-electron chi connectivity index (χ0n) is 11.8. The molecule has 0 aromatic rings. The van der Waals surface area contributed by atoms with Gasteiger partial charge in [0.05, 0.1) is 0 Å². The van der Waals surface area contributed by atoms with Gasteiger partial charge in [0.25, 0.3) is 0 Å². The number of hydrogen-bond acceptors (Lipinski definition) is 4. The van der Waals surface area contributed by atoms with Crippen LogP contribution in [0, 0.1) is 0 Å². The molecule has 0 aliphatic carbocycles. The van der Waals surface area contributed by atoms with Crippen molar-refractivity contribution in [1.29, 1.82) is 0 Å². The van der Waals surface area contributed by atoms with E-state index in [1.165, 1.54) is 0 Å². The van der Waals surface area contributed by atoms with Crippen LogP contribution >= 0.6 is 11.8 Å². The first kappa shape index (κ1) is 14.8. The molecule has 17 heavy (non-hydrogen) atoms. The minimum atomic E-state index is -0.396. The minimum Gasteiger partial charge on any atom is -0.459 e. The first-order chi connectivity index (χ1) is 7.69. The van der Waals surface area contributed by atoms with Gasteiger partial charge in [-0.15, -0.1) is 0 Å². The van der Waals surface area contributed by atoms with E-state index in [1.807, 2.05) is 39.5 Å². The monoisotopic (exact) mass is 259 g/mol. The largest absolute Gasteiger partial charge is 0.459 e. The van der Waals surface area contributed by atoms with Crippen molar-refractivity contribution in [1.82, 2.24) is 4.90 Å². The number of carbonyl (C=O) groups excluding carboxylic acids is 1. The second-order valence-corrected chi connectivity index (χ2v) is 7.80. The van der Waals surface area contributed by atoms with Crippen LogP contribution in [-0.4, -0.2) is 46.1 Å². The van der Waals surface area contributed by atoms with E-state index < -0.39 is 5.60 Å². The van der Waals surface area contributed by atoms with Gasteiger partial charge in [-0.25, -0.2) is 0 Å². The maximum Gasteiger partial charge on any atom is 0.323 e. The van der Waals surface area contributed by atoms with Gasteiger partial charge in [0.2, 0.25) is 0 Å². The van der Waals surface area contributed by atoms with Gasteiger partial charge < -0.3 is 4.74 Å². The summed E-state index contributed by atoms with van der Waals surface area (Å²) in [6, 6.07) is -0.139. The number of rotatable bonds is 2. The summed E-state index contributed by atoms with van der Waals surface area (Å²) in [5, 5.41) is 1.17. The molecule has 0 N–H and O–H groups in total. The number of esters is 1. The Morgan fingerprint density at radius 2 is 1.76 bits per heavy atom. The molecule has 100 valence electrons. The van der Waals surface area contributed by atoms with Crippen molar-refractivity contribution in [2.45, 2.75) is 63.7 Å². The lowest BCUT2D eigenvalue weighted by Gasteiger charge is -2.38. The molecular weight excluding hydrogens is 234 g/mol. The van der Waals surface area contributed by atoms with Gasteiger partial charge in [0.15, 0.2) is 0 Å². The van der Waals surface area contributed by atoms with E-state index in [4.69, 9.17) is 4.74 Å². The summed E-state index contributed by atoms with van der Waals surface area (Å²) in [6.07, 6.45) is 0. The molecule has 3 atom stereocenters. The van der Waals surface area contributed by atoms with Crippen LogP contribution in [0.4, 0.5) is 0 Å². The highest BCUT2D eigenvalue weighted by molar-refractivity contribution is 8.00. The molecule has 1 heterocycles. The number of thioether (sulfide) groups is 1. The Bertz CT molecular complexity index is 265. The van der Waals surface area contributed by atoms with Crippen LogP contribution in [-0.2, 0) is 9.53 Å². The number of hydrogen-bond donors (Lipinski definition) is 0. The molecule has 3 nitrogen and oxygen atoms in total. The summed E-state index contributed by atoms with van der Waals surface area (Å²) in [5.41, 5.74) is -0.396. The Balaban J connectivity index is 2.57. The molecule has 1 rings (SSSR count). The molecule has 1 aliphatic rings. The molecule has 0 saturated carbocycles. The van der Waals surface area contributed by atoms with E-state index in [0.29, 0.717) is 10.5 Å². The number of ether oxygens (including phenoxy) is 1. The second-order valence-electron chi connectivity index (χ2n) is 5.92. The molecular formula is C13H25NO2S. The number of carbonyl (C=O) groups is 1. The second kappa shape index (κ2) is 5.61. The van der Waals surface area contributed by atoms with Crippen molar-refractivity contribution < 1.29 is 9.53 Å². The molecule has 0 aromatic heterocycles. The van der Waals surface area contributed by atoms with Crippen LogP contribution < -0.4 is 0 Å². The summed E-state index contributed by atoms with van der Waals surface area (Å²) in [6.45, 7) is 14.1. The lowest BCUT2D eigenvalue weighted by Crippen LogP contribution is -2.49. The third-order valence-electron chi connectivity index (χ3n) is 2.74. The fourth-order valence-corrected chi connectivity index (χ4v) is 3.42. The van der Waals surface area contributed by atoms with Gasteiger partial charge in [-0.05, 0) is 27.7 Å². The molecule has 1 aliphatic heterocycles. The Labute approximate surface area is 109 Å². The lowest BCUT2D eigenvalue weighted by atomic mass is 10.2. The van der Waals surface area contributed by atoms with Crippen molar-refractivity contribution in [3.8, 4) is 0 Å². The van der Waals surface area contributed by atoms with Crippen LogP contribution in [0.3, 0.4) is 0 Å². The van der Waals surface area contributed by atoms with Gasteiger partial charge in [-0.3, -0.25) is 9.69 Å². The zero-order valence-corrected chi connectivity index (χ0v) is 12.6. The molecule has 3 unspecified atom stereocenters. The molecule has 0 amide bonds. The van der Waals surface area contributed by atoms with Crippen LogP contribution in [0.2, 0.25) is 0 Å². The molecule has 1 saturated heterocycles. The van der Waals surface area contributed by atoms with Gasteiger partial charge in [-0.1, -0.05) is 13.8 Å². The van der Waals surface area contributed by atoms with Crippen molar-refractivity contribution in [2.75, 3.05) is 13.1 Å². The first-order valence-corrected chi connectivity index (χ1v) is 7.25. The highest BCUT2D eigenvalue weighted by Crippen LogP contribution is 2.26. The van der Waals surface area contributed by atoms with E-state index in [-0.39, 0.29) is 12.0 Å². The summed E-state index contributed by atoms with van der Waals surface area (Å²) in [4.78, 5) is 14.2. The van der Waals surface area contributed by atoms with E-state index in [0.717, 1.165) is 13.1 Å². The van der Waals surface area contributed by atoms with Gasteiger partial charge >= 0.3 is 5.97 Å². The third kappa shape index (κ3) is 4.88. The summed E-state index contributed by atoms with van der Waals surface area (Å²) < 4.78 is 5.44. The molecule has 0 bridgehead atoms. The molecule has 0 spiro atoms. The van der Waals surface area contributed by atoms with Crippen molar-refractivity contribution in [3.05, 3.63) is 0 Å². The summed E-state index contributed by atoms with van der Waals surface area (Å²) in [7, 11) is 0. The predicted octanol–water partition coefficient (Wildman–Crippen LogP) is 2.54. The highest BCUT2D eigenvalue weighted by atomic mass is 32.2. The van der Waals surface area contributed by atoms with Gasteiger partial charge in [0.1, 0.15) is 11.6 Å². The van der Waals surface area contributed by atoms with E-state index in [9.17, 15) is 4.79 Å². The van der Waals surface area contributed by atoms with Crippen LogP contribution in [0.1, 0.15) is 41.5 Å². The van der Waals surface area contributed by atoms with E-state index in [1.54, 1.807) is 0 Å². The normalized spacial score (nSPS) is 28.8. The summed E-state index contributed by atoms with van der Waals surface area (Å²) >= 11 is 1.99. The predicted molar refractivity (Wildman–Crippen MR) is 73.4 cm³/mol. The van der Waals surface area contributed by atoms with Crippen LogP contribution in [0.5, 0.6) is 0 Å². The number of nitrogens with zero attached hydrogens (tertiary/aromatic N) is 1. The Hall–Kier alpha value is -0.220. The van der Waals surface area contributed by atoms with E-state index in [2.05, 4.69) is 18.7 Å². The maximum atomic E-state index is 12.0. The quantitative estimate of drug-likeness (QED) is 0.713. The topological polar surface area (TPSA) is 29.5 Å². The lowest BCUT2D eigenvalue weighted by molar-refractivity contribution is -0.160. The Morgan fingerprint density at radius 1 is 1.29 bits per heavy atom. The average Bonchev–Trinajstić information content (AvgIpc) is 2.12. The zero-order chi connectivity index (χ0) is 13.2. The minimum absolute atomic E-state index is 0.108. The van der Waals surface area contributed by atoms with Gasteiger partial charge in [0, 0.05) is 23.6 Å². The highest BCUT2D eigenvalue weighted by Gasteiger charge is 2.31. The molecule has 0 radical (unpaired) electrons. The standard InChI is InChI=1S/C13H25NO2S/c1-9-7-14(8-10(2)17-9)11(3)12(15)16-13(4,5)6/h9-11H,7-8H2,1-6H3. The summed E-state index contributed by atoms with van der Waals surface area (Å²) in [5.74, 6) is -0.108. The van der Waals surface area contributed by atoms with E-state index >= 15 is 0 Å². The maximum absolute atomic E-state index is 12.0. The first-order valence-electron chi connectivity index (χ1n) is 6.31. The third-order valence-corrected chi connectivity index (χ3v) is 3.97. The van der Waals surface area contributed by atoms with Crippen molar-refractivity contribution >= 4 is 17.7 Å².